The Hall–Kier alpha value is -4.74. The molecule has 0 unspecified atom stereocenters. The molecule has 4 N–H and O–H groups in total. The van der Waals surface area contributed by atoms with Crippen LogP contribution in [0.25, 0.3) is 22.4 Å². The Balaban J connectivity index is 1.74. The second-order valence-corrected chi connectivity index (χ2v) is 7.43. The number of nitrogens with zero attached hydrogens (tertiary/aromatic N) is 2. The summed E-state index contributed by atoms with van der Waals surface area (Å²) in [5.41, 5.74) is 7.13. The topological polar surface area (TPSA) is 127 Å². The van der Waals surface area contributed by atoms with Gasteiger partial charge < -0.3 is 19.9 Å². The zero-order valence-electron chi connectivity index (χ0n) is 19.0. The number of azo groups is 1. The molecule has 0 radical (unpaired) electrons. The number of hydrogen-bond donors (Lipinski definition) is 3. The maximum absolute atomic E-state index is 13.0. The lowest BCUT2D eigenvalue weighted by Gasteiger charge is -2.14. The van der Waals surface area contributed by atoms with Crippen LogP contribution < -0.4 is 25.5 Å². The molecule has 4 rings (SSSR count). The lowest BCUT2D eigenvalue weighted by atomic mass is 10.0. The first-order valence-corrected chi connectivity index (χ1v) is 10.4. The van der Waals surface area contributed by atoms with Gasteiger partial charge in [0.05, 0.1) is 25.6 Å². The number of halogens is 3. The van der Waals surface area contributed by atoms with Gasteiger partial charge in [-0.3, -0.25) is 15.0 Å². The van der Waals surface area contributed by atoms with Gasteiger partial charge in [-0.15, -0.1) is 18.3 Å². The molecule has 1 aromatic heterocycles. The number of nitrogens with two attached hydrogens (primary N) is 1. The van der Waals surface area contributed by atoms with E-state index in [1.165, 1.54) is 32.4 Å². The van der Waals surface area contributed by atoms with Gasteiger partial charge in [-0.05, 0) is 54.1 Å². The summed E-state index contributed by atoms with van der Waals surface area (Å²) in [5, 5.41) is 13.3. The lowest BCUT2D eigenvalue weighted by molar-refractivity contribution is -0.274. The van der Waals surface area contributed by atoms with Crippen LogP contribution in [0.5, 0.6) is 17.2 Å². The summed E-state index contributed by atoms with van der Waals surface area (Å²) in [6.45, 7) is 0. The van der Waals surface area contributed by atoms with Crippen molar-refractivity contribution >= 4 is 17.1 Å². The van der Waals surface area contributed by atoms with Crippen molar-refractivity contribution in [3.05, 3.63) is 71.0 Å². The standard InChI is InChI=1S/C24H20F3N5O4/c1-34-19-8-6-14(11-20(19)35-2)21-22(23(33)32-30-21)31-29-16-7-9-18(36-24(25,26)27)17(12-16)13-4-3-5-15(28)10-13/h3-12H,28H2,1-2H3,(H2,30,32,33). The van der Waals surface area contributed by atoms with Gasteiger partial charge in [0, 0.05) is 16.8 Å². The molecule has 0 fully saturated rings. The summed E-state index contributed by atoms with van der Waals surface area (Å²) in [5.74, 6) is 0.502. The van der Waals surface area contributed by atoms with Crippen molar-refractivity contribution in [2.75, 3.05) is 20.0 Å². The van der Waals surface area contributed by atoms with Crippen LogP contribution in [0.1, 0.15) is 0 Å². The van der Waals surface area contributed by atoms with Gasteiger partial charge in [0.1, 0.15) is 5.75 Å². The maximum atomic E-state index is 13.0. The highest BCUT2D eigenvalue weighted by Crippen LogP contribution is 2.38. The van der Waals surface area contributed by atoms with Gasteiger partial charge in [-0.1, -0.05) is 12.1 Å². The average molecular weight is 499 g/mol. The third-order valence-electron chi connectivity index (χ3n) is 5.08. The highest BCUT2D eigenvalue weighted by atomic mass is 19.4. The summed E-state index contributed by atoms with van der Waals surface area (Å²) in [4.78, 5) is 12.4. The first kappa shape index (κ1) is 24.4. The van der Waals surface area contributed by atoms with Crippen molar-refractivity contribution in [1.82, 2.24) is 10.2 Å². The van der Waals surface area contributed by atoms with Crippen LogP contribution in [0.4, 0.5) is 30.2 Å². The van der Waals surface area contributed by atoms with Gasteiger partial charge in [0.15, 0.2) is 17.2 Å². The Kier molecular flexibility index (Phi) is 6.68. The third-order valence-corrected chi connectivity index (χ3v) is 5.08. The van der Waals surface area contributed by atoms with Crippen LogP contribution in [-0.2, 0) is 0 Å². The van der Waals surface area contributed by atoms with Crippen molar-refractivity contribution < 1.29 is 27.4 Å². The Morgan fingerprint density at radius 1 is 0.833 bits per heavy atom. The number of benzene rings is 3. The largest absolute Gasteiger partial charge is 0.573 e. The molecule has 0 aliphatic rings. The number of methoxy groups -OCH3 is 2. The molecule has 3 aromatic carbocycles. The van der Waals surface area contributed by atoms with E-state index < -0.39 is 17.7 Å². The van der Waals surface area contributed by atoms with E-state index in [4.69, 9.17) is 15.2 Å². The molecule has 0 bridgehead atoms. The highest BCUT2D eigenvalue weighted by Gasteiger charge is 2.32. The van der Waals surface area contributed by atoms with Crippen LogP contribution in [0.15, 0.2) is 75.7 Å². The number of aromatic nitrogens is 2. The van der Waals surface area contributed by atoms with Crippen LogP contribution in [-0.4, -0.2) is 30.8 Å². The normalized spacial score (nSPS) is 11.6. The quantitative estimate of drug-likeness (QED) is 0.214. The first-order valence-electron chi connectivity index (χ1n) is 10.4. The average Bonchev–Trinajstić information content (AvgIpc) is 3.22. The number of aromatic amines is 2. The summed E-state index contributed by atoms with van der Waals surface area (Å²) in [6.07, 6.45) is -4.90. The molecule has 9 nitrogen and oxygen atoms in total. The molecule has 0 aliphatic heterocycles. The van der Waals surface area contributed by atoms with Gasteiger partial charge in [-0.25, -0.2) is 0 Å². The number of ether oxygens (including phenoxy) is 3. The van der Waals surface area contributed by atoms with Gasteiger partial charge in [-0.2, -0.15) is 5.11 Å². The van der Waals surface area contributed by atoms with E-state index in [9.17, 15) is 18.0 Å². The Labute approximate surface area is 202 Å². The maximum Gasteiger partial charge on any atom is 0.573 e. The van der Waals surface area contributed by atoms with Gasteiger partial charge in [0.2, 0.25) is 0 Å². The lowest BCUT2D eigenvalue weighted by Crippen LogP contribution is -2.17. The molecule has 12 heteroatoms. The summed E-state index contributed by atoms with van der Waals surface area (Å²) < 4.78 is 53.6. The number of H-pyrrole nitrogens is 2. The zero-order chi connectivity index (χ0) is 25.9. The smallest absolute Gasteiger partial charge is 0.493 e. The number of rotatable bonds is 7. The second-order valence-electron chi connectivity index (χ2n) is 7.43. The van der Waals surface area contributed by atoms with E-state index in [1.54, 1.807) is 36.4 Å². The molecule has 0 saturated heterocycles. The summed E-state index contributed by atoms with van der Waals surface area (Å²) in [7, 11) is 2.98. The predicted molar refractivity (Wildman–Crippen MR) is 127 cm³/mol. The van der Waals surface area contributed by atoms with Gasteiger partial charge in [0.25, 0.3) is 5.56 Å². The molecule has 4 aromatic rings. The predicted octanol–water partition coefficient (Wildman–Crippen LogP) is 5.95. The fourth-order valence-corrected chi connectivity index (χ4v) is 3.48. The van der Waals surface area contributed by atoms with Crippen molar-refractivity contribution in [3.8, 4) is 39.6 Å². The number of anilines is 1. The van der Waals surface area contributed by atoms with E-state index in [1.807, 2.05) is 0 Å². The summed E-state index contributed by atoms with van der Waals surface area (Å²) >= 11 is 0. The van der Waals surface area contributed by atoms with Crippen LogP contribution in [0.3, 0.4) is 0 Å². The number of nitrogen functional groups attached to an aromatic ring is 1. The monoisotopic (exact) mass is 499 g/mol. The first-order chi connectivity index (χ1) is 17.2. The molecule has 0 spiro atoms. The Morgan fingerprint density at radius 2 is 1.58 bits per heavy atom. The molecule has 0 aliphatic carbocycles. The Bertz CT molecular complexity index is 1480. The molecule has 36 heavy (non-hydrogen) atoms. The van der Waals surface area contributed by atoms with Crippen LogP contribution in [0.2, 0.25) is 0 Å². The highest BCUT2D eigenvalue weighted by molar-refractivity contribution is 5.76. The zero-order valence-corrected chi connectivity index (χ0v) is 19.0. The Morgan fingerprint density at radius 3 is 2.28 bits per heavy atom. The number of hydrogen-bond acceptors (Lipinski definition) is 7. The van der Waals surface area contributed by atoms with Crippen LogP contribution in [0, 0.1) is 0 Å². The van der Waals surface area contributed by atoms with Crippen molar-refractivity contribution in [1.29, 1.82) is 0 Å². The number of nitrogens with one attached hydrogen (secondary N) is 2. The molecular weight excluding hydrogens is 479 g/mol. The fraction of sp³-hybridized carbons (Fsp3) is 0.125. The molecular formula is C24H20F3N5O4. The van der Waals surface area contributed by atoms with Crippen molar-refractivity contribution in [3.63, 3.8) is 0 Å². The summed E-state index contributed by atoms with van der Waals surface area (Å²) in [6, 6.07) is 15.1. The van der Waals surface area contributed by atoms with E-state index in [0.29, 0.717) is 34.0 Å². The number of alkyl halides is 3. The van der Waals surface area contributed by atoms with E-state index >= 15 is 0 Å². The SMILES string of the molecule is COc1ccc(-c2[nH][nH]c(=O)c2N=Nc2ccc(OC(F)(F)F)c(-c3cccc(N)c3)c2)cc1OC. The molecule has 1 heterocycles. The van der Waals surface area contributed by atoms with Crippen molar-refractivity contribution in [2.45, 2.75) is 6.36 Å². The third kappa shape index (κ3) is 5.32. The van der Waals surface area contributed by atoms with Crippen LogP contribution >= 0.6 is 0 Å². The molecule has 186 valence electrons. The van der Waals surface area contributed by atoms with Gasteiger partial charge >= 0.3 is 6.36 Å². The van der Waals surface area contributed by atoms with Crippen molar-refractivity contribution in [2.24, 2.45) is 10.2 Å². The molecule has 0 saturated carbocycles. The molecule has 0 amide bonds. The minimum Gasteiger partial charge on any atom is -0.493 e. The van der Waals surface area contributed by atoms with E-state index in [2.05, 4.69) is 25.2 Å². The van der Waals surface area contributed by atoms with E-state index in [0.717, 1.165) is 6.07 Å². The molecule has 0 atom stereocenters. The second kappa shape index (κ2) is 9.86. The minimum atomic E-state index is -4.90. The minimum absolute atomic E-state index is 0.0386. The fourth-order valence-electron chi connectivity index (χ4n) is 3.48. The van der Waals surface area contributed by atoms with E-state index in [-0.39, 0.29) is 16.9 Å².